The average molecular weight is 847 g/mol. The van der Waals surface area contributed by atoms with E-state index >= 15 is 0 Å². The Morgan fingerprint density at radius 3 is 1.37 bits per heavy atom. The Labute approximate surface area is 386 Å². The lowest BCUT2D eigenvalue weighted by atomic mass is 9.85. The number of fused-ring (bicyclic) bond motifs is 16. The van der Waals surface area contributed by atoms with Gasteiger partial charge in [0, 0.05) is 21.8 Å². The summed E-state index contributed by atoms with van der Waals surface area (Å²) in [6.07, 6.45) is 0. The van der Waals surface area contributed by atoms with E-state index in [1.54, 1.807) is 0 Å². The molecule has 0 saturated heterocycles. The molecular weight excluding hydrogens is 809 g/mol. The number of para-hydroxylation sites is 1. The van der Waals surface area contributed by atoms with Crippen LogP contribution in [0, 0.1) is 11.3 Å². The van der Waals surface area contributed by atoms with Crippen molar-refractivity contribution < 1.29 is 0 Å². The first-order valence-electron chi connectivity index (χ1n) is 23.0. The maximum absolute atomic E-state index is 9.78. The summed E-state index contributed by atoms with van der Waals surface area (Å²) in [6.45, 7) is 0. The molecule has 0 bridgehead atoms. The molecule has 0 unspecified atom stereocenters. The van der Waals surface area contributed by atoms with Gasteiger partial charge in [-0.05, 0) is 146 Å². The lowest BCUT2D eigenvalue weighted by Gasteiger charge is -2.18. The molecular formula is C65H38N2. The molecule has 14 rings (SSSR count). The first kappa shape index (κ1) is 37.4. The van der Waals surface area contributed by atoms with Crippen LogP contribution >= 0.6 is 0 Å². The van der Waals surface area contributed by atoms with Crippen LogP contribution in [0.4, 0.5) is 0 Å². The molecule has 0 amide bonds. The van der Waals surface area contributed by atoms with E-state index in [1.165, 1.54) is 119 Å². The molecule has 14 aromatic rings. The molecule has 308 valence electrons. The minimum atomic E-state index is 0.659. The zero-order valence-corrected chi connectivity index (χ0v) is 36.3. The highest BCUT2D eigenvalue weighted by Crippen LogP contribution is 2.47. The van der Waals surface area contributed by atoms with Gasteiger partial charge in [0.15, 0.2) is 0 Å². The Hall–Kier alpha value is -9.03. The fourth-order valence-electron chi connectivity index (χ4n) is 11.5. The average Bonchev–Trinajstić information content (AvgIpc) is 3.74. The first-order valence-corrected chi connectivity index (χ1v) is 23.0. The predicted octanol–water partition coefficient (Wildman–Crippen LogP) is 17.7. The third-order valence-electron chi connectivity index (χ3n) is 14.3. The second kappa shape index (κ2) is 14.5. The van der Waals surface area contributed by atoms with Crippen LogP contribution in [0.3, 0.4) is 0 Å². The van der Waals surface area contributed by atoms with Gasteiger partial charge in [0.1, 0.15) is 0 Å². The largest absolute Gasteiger partial charge is 0.309 e. The molecule has 0 radical (unpaired) electrons. The van der Waals surface area contributed by atoms with Crippen molar-refractivity contribution >= 4 is 97.2 Å². The van der Waals surface area contributed by atoms with E-state index in [0.717, 1.165) is 16.8 Å². The van der Waals surface area contributed by atoms with Crippen molar-refractivity contribution in [2.45, 2.75) is 0 Å². The fraction of sp³-hybridized carbons (Fsp3) is 0. The zero-order valence-electron chi connectivity index (χ0n) is 36.3. The summed E-state index contributed by atoms with van der Waals surface area (Å²) >= 11 is 0. The Balaban J connectivity index is 0.978. The fourth-order valence-corrected chi connectivity index (χ4v) is 11.5. The Bertz CT molecular complexity index is 4380. The number of nitriles is 1. The van der Waals surface area contributed by atoms with Crippen molar-refractivity contribution in [2.75, 3.05) is 0 Å². The number of benzene rings is 13. The van der Waals surface area contributed by atoms with Gasteiger partial charge in [-0.2, -0.15) is 5.26 Å². The van der Waals surface area contributed by atoms with Crippen LogP contribution in [0.25, 0.3) is 136 Å². The van der Waals surface area contributed by atoms with Gasteiger partial charge in [0.05, 0.1) is 22.7 Å². The summed E-state index contributed by atoms with van der Waals surface area (Å²) in [5.74, 6) is 0. The maximum Gasteiger partial charge on any atom is 0.0991 e. The standard InChI is InChI=1S/C65H38N2/c66-39-40-15-14-16-44(35-40)63-54-26-11-9-24-52(54)62(53-25-10-12-27-55(53)63)42-31-29-41(30-32-42)43-33-34-50-57(36-43)48-21-4-5-22-49(48)58-37-60-61(38-59(50)58)67(45-17-2-1-3-18-45)65-56-28-13-7-20-47(56)46-19-6-8-23-51(46)64(60)65/h1-38H. The van der Waals surface area contributed by atoms with Crippen LogP contribution in [0.5, 0.6) is 0 Å². The van der Waals surface area contributed by atoms with Gasteiger partial charge in [-0.25, -0.2) is 0 Å². The number of hydrogen-bond acceptors (Lipinski definition) is 1. The van der Waals surface area contributed by atoms with E-state index in [4.69, 9.17) is 0 Å². The maximum atomic E-state index is 9.78. The quantitative estimate of drug-likeness (QED) is 0.128. The zero-order chi connectivity index (χ0) is 44.2. The molecule has 0 fully saturated rings. The number of rotatable bonds is 4. The predicted molar refractivity (Wildman–Crippen MR) is 284 cm³/mol. The molecule has 2 heteroatoms. The molecule has 0 atom stereocenters. The van der Waals surface area contributed by atoms with Crippen LogP contribution in [0.15, 0.2) is 231 Å². The monoisotopic (exact) mass is 846 g/mol. The van der Waals surface area contributed by atoms with Gasteiger partial charge in [-0.3, -0.25) is 0 Å². The third kappa shape index (κ3) is 5.50. The molecule has 0 N–H and O–H groups in total. The Morgan fingerprint density at radius 2 is 0.746 bits per heavy atom. The summed E-state index contributed by atoms with van der Waals surface area (Å²) in [6, 6.07) is 86.5. The van der Waals surface area contributed by atoms with Crippen molar-refractivity contribution in [3.05, 3.63) is 236 Å². The van der Waals surface area contributed by atoms with E-state index in [1.807, 2.05) is 18.2 Å². The van der Waals surface area contributed by atoms with Crippen molar-refractivity contribution in [3.63, 3.8) is 0 Å². The number of nitrogens with zero attached hydrogens (tertiary/aromatic N) is 2. The van der Waals surface area contributed by atoms with E-state index in [0.29, 0.717) is 5.56 Å². The first-order chi connectivity index (χ1) is 33.2. The van der Waals surface area contributed by atoms with Gasteiger partial charge in [0.2, 0.25) is 0 Å². The van der Waals surface area contributed by atoms with Crippen LogP contribution in [0.2, 0.25) is 0 Å². The molecule has 0 saturated carbocycles. The minimum Gasteiger partial charge on any atom is -0.309 e. The van der Waals surface area contributed by atoms with Crippen molar-refractivity contribution in [1.29, 1.82) is 5.26 Å². The molecule has 67 heavy (non-hydrogen) atoms. The summed E-state index contributed by atoms with van der Waals surface area (Å²) in [5.41, 5.74) is 11.2. The highest BCUT2D eigenvalue weighted by atomic mass is 15.0. The second-order valence-corrected chi connectivity index (χ2v) is 17.8. The molecule has 0 aliphatic heterocycles. The topological polar surface area (TPSA) is 28.7 Å². The van der Waals surface area contributed by atoms with Crippen LogP contribution in [-0.2, 0) is 0 Å². The van der Waals surface area contributed by atoms with E-state index in [2.05, 4.69) is 223 Å². The Kier molecular flexibility index (Phi) is 8.08. The SMILES string of the molecule is N#Cc1cccc(-c2c3ccccc3c(-c3ccc(-c4ccc5c(c4)c4ccccc4c4cc6c7c8ccccc8c8ccccc8c7n(-c7ccccc7)c6cc54)cc3)c3ccccc23)c1. The van der Waals surface area contributed by atoms with Gasteiger partial charge in [0.25, 0.3) is 0 Å². The van der Waals surface area contributed by atoms with Crippen molar-refractivity contribution in [1.82, 2.24) is 4.57 Å². The van der Waals surface area contributed by atoms with E-state index < -0.39 is 0 Å². The molecule has 2 nitrogen and oxygen atoms in total. The van der Waals surface area contributed by atoms with Crippen LogP contribution in [-0.4, -0.2) is 4.57 Å². The number of aromatic nitrogens is 1. The van der Waals surface area contributed by atoms with Crippen molar-refractivity contribution in [3.8, 4) is 45.1 Å². The summed E-state index contributed by atoms with van der Waals surface area (Å²) in [5, 5.41) is 29.7. The number of hydrogen-bond donors (Lipinski definition) is 0. The lowest BCUT2D eigenvalue weighted by Crippen LogP contribution is -1.94. The van der Waals surface area contributed by atoms with Gasteiger partial charge in [-0.15, -0.1) is 0 Å². The van der Waals surface area contributed by atoms with Crippen LogP contribution < -0.4 is 0 Å². The molecule has 1 aromatic heterocycles. The highest BCUT2D eigenvalue weighted by Gasteiger charge is 2.22. The summed E-state index contributed by atoms with van der Waals surface area (Å²) in [4.78, 5) is 0. The summed E-state index contributed by atoms with van der Waals surface area (Å²) in [7, 11) is 0. The smallest absolute Gasteiger partial charge is 0.0991 e. The third-order valence-corrected chi connectivity index (χ3v) is 14.3. The van der Waals surface area contributed by atoms with Gasteiger partial charge in [-0.1, -0.05) is 188 Å². The molecule has 0 aliphatic carbocycles. The highest BCUT2D eigenvalue weighted by molar-refractivity contribution is 6.35. The normalized spacial score (nSPS) is 11.9. The molecule has 0 aliphatic rings. The van der Waals surface area contributed by atoms with Gasteiger partial charge < -0.3 is 4.57 Å². The Morgan fingerprint density at radius 1 is 0.284 bits per heavy atom. The molecule has 13 aromatic carbocycles. The van der Waals surface area contributed by atoms with Crippen LogP contribution in [0.1, 0.15) is 5.56 Å². The second-order valence-electron chi connectivity index (χ2n) is 17.8. The minimum absolute atomic E-state index is 0.659. The van der Waals surface area contributed by atoms with E-state index in [-0.39, 0.29) is 0 Å². The van der Waals surface area contributed by atoms with Gasteiger partial charge >= 0.3 is 0 Å². The summed E-state index contributed by atoms with van der Waals surface area (Å²) < 4.78 is 2.50. The molecule has 1 heterocycles. The van der Waals surface area contributed by atoms with Crippen molar-refractivity contribution in [2.24, 2.45) is 0 Å². The lowest BCUT2D eigenvalue weighted by molar-refractivity contribution is 1.19. The molecule has 0 spiro atoms. The van der Waals surface area contributed by atoms with E-state index in [9.17, 15) is 5.26 Å².